The second-order valence-corrected chi connectivity index (χ2v) is 7.08. The lowest BCUT2D eigenvalue weighted by molar-refractivity contribution is 0.0496. The van der Waals surface area contributed by atoms with Gasteiger partial charge in [-0.3, -0.25) is 0 Å². The summed E-state index contributed by atoms with van der Waals surface area (Å²) in [5, 5.41) is 2.81. The van der Waals surface area contributed by atoms with Crippen LogP contribution in [0.3, 0.4) is 0 Å². The summed E-state index contributed by atoms with van der Waals surface area (Å²) in [5.41, 5.74) is 2.87. The predicted octanol–water partition coefficient (Wildman–Crippen LogP) is 3.77. The summed E-state index contributed by atoms with van der Waals surface area (Å²) in [7, 11) is 0. The minimum absolute atomic E-state index is 0.268. The molecule has 0 heterocycles. The van der Waals surface area contributed by atoms with E-state index in [1.165, 1.54) is 5.56 Å². The zero-order valence-corrected chi connectivity index (χ0v) is 14.6. The summed E-state index contributed by atoms with van der Waals surface area (Å²) < 4.78 is 5.28. The van der Waals surface area contributed by atoms with E-state index >= 15 is 0 Å². The van der Waals surface area contributed by atoms with Crippen LogP contribution in [0.4, 0.5) is 4.79 Å². The Morgan fingerprint density at radius 1 is 1.29 bits per heavy atom. The quantitative estimate of drug-likeness (QED) is 0.678. The highest BCUT2D eigenvalue weighted by molar-refractivity contribution is 5.70. The Bertz CT molecular complexity index is 665. The van der Waals surface area contributed by atoms with Crippen molar-refractivity contribution in [3.8, 4) is 0 Å². The molecular formula is C19H24N2O3. The minimum Gasteiger partial charge on any atom is -0.444 e. The number of aliphatic imine (C=N–C) groups is 1. The van der Waals surface area contributed by atoms with Crippen LogP contribution < -0.4 is 5.32 Å². The maximum atomic E-state index is 12.0. The molecule has 0 unspecified atom stereocenters. The van der Waals surface area contributed by atoms with Crippen molar-refractivity contribution in [2.45, 2.75) is 58.2 Å². The Hall–Kier alpha value is -2.39. The van der Waals surface area contributed by atoms with E-state index in [9.17, 15) is 9.59 Å². The van der Waals surface area contributed by atoms with Gasteiger partial charge in [0.15, 0.2) is 0 Å². The molecule has 1 N–H and O–H groups in total. The number of carbonyl (C=O) groups excluding carboxylic acids is 2. The van der Waals surface area contributed by atoms with Crippen molar-refractivity contribution in [2.75, 3.05) is 0 Å². The Morgan fingerprint density at radius 2 is 1.96 bits per heavy atom. The average molecular weight is 328 g/mol. The number of hydrogen-bond donors (Lipinski definition) is 1. The van der Waals surface area contributed by atoms with Gasteiger partial charge < -0.3 is 10.1 Å². The van der Waals surface area contributed by atoms with Gasteiger partial charge in [0.1, 0.15) is 5.60 Å². The zero-order chi connectivity index (χ0) is 17.7. The van der Waals surface area contributed by atoms with Gasteiger partial charge in [0, 0.05) is 0 Å². The molecule has 1 aliphatic rings. The molecule has 0 saturated heterocycles. The fourth-order valence-electron chi connectivity index (χ4n) is 2.70. The summed E-state index contributed by atoms with van der Waals surface area (Å²) in [6.45, 7) is 7.47. The van der Waals surface area contributed by atoms with Gasteiger partial charge in [0.05, 0.1) is 12.1 Å². The van der Waals surface area contributed by atoms with Crippen LogP contribution in [0.5, 0.6) is 0 Å². The molecule has 1 aliphatic carbocycles. The summed E-state index contributed by atoms with van der Waals surface area (Å²) >= 11 is 0. The highest BCUT2D eigenvalue weighted by Crippen LogP contribution is 2.29. The van der Waals surface area contributed by atoms with Crippen LogP contribution in [0.15, 0.2) is 35.3 Å². The normalized spacial score (nSPS) is 20.6. The molecule has 128 valence electrons. The number of nitrogens with one attached hydrogen (secondary N) is 1. The number of aryl methyl sites for hydroxylation is 1. The molecule has 0 fully saturated rings. The van der Waals surface area contributed by atoms with Crippen molar-refractivity contribution in [2.24, 2.45) is 4.99 Å². The van der Waals surface area contributed by atoms with Gasteiger partial charge >= 0.3 is 6.09 Å². The number of benzene rings is 1. The topological polar surface area (TPSA) is 67.8 Å². The van der Waals surface area contributed by atoms with Gasteiger partial charge in [-0.1, -0.05) is 35.9 Å². The number of isocyanates is 1. The monoisotopic (exact) mass is 328 g/mol. The van der Waals surface area contributed by atoms with Crippen molar-refractivity contribution < 1.29 is 14.3 Å². The lowest BCUT2D eigenvalue weighted by Gasteiger charge is -2.30. The number of carbonyl (C=O) groups is 1. The molecule has 0 radical (unpaired) electrons. The lowest BCUT2D eigenvalue weighted by Crippen LogP contribution is -2.45. The van der Waals surface area contributed by atoms with Crippen molar-refractivity contribution in [3.05, 3.63) is 41.5 Å². The molecule has 24 heavy (non-hydrogen) atoms. The molecule has 0 saturated carbocycles. The van der Waals surface area contributed by atoms with E-state index in [1.807, 2.05) is 27.7 Å². The number of amides is 1. The SMILES string of the molecule is Cc1ccc(C2=CC[C@H](NC(=O)OC(C)(C)C)[C@@H](N=C=O)C2)cc1. The number of nitrogens with zero attached hydrogens (tertiary/aromatic N) is 1. The van der Waals surface area contributed by atoms with Gasteiger partial charge in [-0.25, -0.2) is 14.6 Å². The fraction of sp³-hybridized carbons (Fsp3) is 0.474. The van der Waals surface area contributed by atoms with Crippen LogP contribution in [0.2, 0.25) is 0 Å². The van der Waals surface area contributed by atoms with Crippen LogP contribution in [-0.4, -0.2) is 29.9 Å². The Kier molecular flexibility index (Phi) is 5.58. The molecule has 5 nitrogen and oxygen atoms in total. The molecule has 2 rings (SSSR count). The first-order chi connectivity index (χ1) is 11.3. The van der Waals surface area contributed by atoms with Crippen LogP contribution in [-0.2, 0) is 9.53 Å². The van der Waals surface area contributed by atoms with Gasteiger partial charge in [-0.15, -0.1) is 0 Å². The van der Waals surface area contributed by atoms with E-state index in [-0.39, 0.29) is 12.1 Å². The maximum absolute atomic E-state index is 12.0. The minimum atomic E-state index is -0.564. The molecule has 1 amide bonds. The average Bonchev–Trinajstić information content (AvgIpc) is 2.48. The van der Waals surface area contributed by atoms with Crippen molar-refractivity contribution in [1.29, 1.82) is 0 Å². The lowest BCUT2D eigenvalue weighted by atomic mass is 9.87. The third-order valence-corrected chi connectivity index (χ3v) is 3.85. The first-order valence-corrected chi connectivity index (χ1v) is 8.11. The third kappa shape index (κ3) is 5.07. The van der Waals surface area contributed by atoms with Crippen LogP contribution >= 0.6 is 0 Å². The predicted molar refractivity (Wildman–Crippen MR) is 93.5 cm³/mol. The molecule has 0 bridgehead atoms. The van der Waals surface area contributed by atoms with Crippen LogP contribution in [0.25, 0.3) is 5.57 Å². The van der Waals surface area contributed by atoms with E-state index in [1.54, 1.807) is 6.08 Å². The van der Waals surface area contributed by atoms with E-state index in [2.05, 4.69) is 40.7 Å². The molecule has 0 aromatic heterocycles. The van der Waals surface area contributed by atoms with E-state index in [0.717, 1.165) is 11.1 Å². The van der Waals surface area contributed by atoms with Crippen LogP contribution in [0.1, 0.15) is 44.7 Å². The molecule has 5 heteroatoms. The molecule has 0 spiro atoms. The van der Waals surface area contributed by atoms with Crippen LogP contribution in [0, 0.1) is 6.92 Å². The Morgan fingerprint density at radius 3 is 2.54 bits per heavy atom. The van der Waals surface area contributed by atoms with Crippen molar-refractivity contribution in [3.63, 3.8) is 0 Å². The number of hydrogen-bond acceptors (Lipinski definition) is 4. The fourth-order valence-corrected chi connectivity index (χ4v) is 2.70. The first-order valence-electron chi connectivity index (χ1n) is 8.11. The summed E-state index contributed by atoms with van der Waals surface area (Å²) in [6.07, 6.45) is 4.40. The van der Waals surface area contributed by atoms with Gasteiger partial charge in [0.2, 0.25) is 6.08 Å². The highest BCUT2D eigenvalue weighted by Gasteiger charge is 2.29. The summed E-state index contributed by atoms with van der Waals surface area (Å²) in [4.78, 5) is 26.6. The molecule has 2 atom stereocenters. The maximum Gasteiger partial charge on any atom is 0.407 e. The Balaban J connectivity index is 2.12. The molecular weight excluding hydrogens is 304 g/mol. The van der Waals surface area contributed by atoms with E-state index in [4.69, 9.17) is 4.74 Å². The number of rotatable bonds is 3. The second kappa shape index (κ2) is 7.45. The molecule has 0 aliphatic heterocycles. The van der Waals surface area contributed by atoms with E-state index < -0.39 is 11.7 Å². The standard InChI is InChI=1S/C19H24N2O3/c1-13-5-7-14(8-6-13)15-9-10-16(17(11-15)20-12-22)21-18(23)24-19(2,3)4/h5-9,16-17H,10-11H2,1-4H3,(H,21,23)/t16-,17-/m0/s1. The largest absolute Gasteiger partial charge is 0.444 e. The molecule has 1 aromatic carbocycles. The second-order valence-electron chi connectivity index (χ2n) is 7.08. The van der Waals surface area contributed by atoms with E-state index in [0.29, 0.717) is 12.8 Å². The van der Waals surface area contributed by atoms with Gasteiger partial charge in [-0.2, -0.15) is 0 Å². The molecule has 1 aromatic rings. The summed E-state index contributed by atoms with van der Waals surface area (Å²) in [5.74, 6) is 0. The van der Waals surface area contributed by atoms with Gasteiger partial charge in [0.25, 0.3) is 0 Å². The smallest absolute Gasteiger partial charge is 0.407 e. The van der Waals surface area contributed by atoms with Gasteiger partial charge in [-0.05, 0) is 51.7 Å². The highest BCUT2D eigenvalue weighted by atomic mass is 16.6. The zero-order valence-electron chi connectivity index (χ0n) is 14.6. The first kappa shape index (κ1) is 18.0. The third-order valence-electron chi connectivity index (χ3n) is 3.85. The van der Waals surface area contributed by atoms with Crippen molar-refractivity contribution >= 4 is 17.7 Å². The Labute approximate surface area is 142 Å². The number of alkyl carbamates (subject to hydrolysis) is 1. The summed E-state index contributed by atoms with van der Waals surface area (Å²) in [6, 6.07) is 7.62. The number of ether oxygens (including phenoxy) is 1. The van der Waals surface area contributed by atoms with Crippen molar-refractivity contribution in [1.82, 2.24) is 5.32 Å².